The number of hydrogen-bond acceptors (Lipinski definition) is 19. The third-order valence-corrected chi connectivity index (χ3v) is 16.5. The van der Waals surface area contributed by atoms with Crippen molar-refractivity contribution in [3.63, 3.8) is 0 Å². The standard InChI is InChI=1S/C56H90N4O17/c1-17-41-56(10,69)48(65)32(4)44(62)30(2)27-54(8,70-15)49(77-53-46(64)40(58(11)12)25-31(3)72-53)33(5)47(34(6)52(68)74-41)76-43-28-55(9,71-16)50(35(7)73-43)75-42(61)22-24-57-23-18-19-36-20-21-39-37(26-36)45(63)38(51(66)67)29-60(39)59(13)14/h20-21,26,29-35,40-41,43,46-50,53,57,64-65,69H,17-19,22-25,27-28H2,1-16H3,(H,66,67)/t30-,31-,32?,33+,34-,35+,40+,41-,43+,46-,47+,48-,49-,50+,53+,54-,55-,56-/m1/s1. The molecule has 436 valence electrons. The number of benzene rings is 1. The van der Waals surface area contributed by atoms with Crippen LogP contribution in [0.25, 0.3) is 10.9 Å². The monoisotopic (exact) mass is 1090 g/mol. The van der Waals surface area contributed by atoms with Crippen LogP contribution in [0.1, 0.15) is 124 Å². The molecule has 0 aliphatic carbocycles. The number of ether oxygens (including phenoxy) is 8. The van der Waals surface area contributed by atoms with Crippen molar-refractivity contribution in [3.8, 4) is 0 Å². The van der Waals surface area contributed by atoms with Crippen molar-refractivity contribution < 1.29 is 77.5 Å². The van der Waals surface area contributed by atoms with Gasteiger partial charge in [-0.25, -0.2) is 4.79 Å². The second kappa shape index (κ2) is 26.4. The zero-order chi connectivity index (χ0) is 57.6. The highest BCUT2D eigenvalue weighted by Gasteiger charge is 2.55. The summed E-state index contributed by atoms with van der Waals surface area (Å²) in [5.74, 6) is -6.64. The largest absolute Gasteiger partial charge is 0.477 e. The van der Waals surface area contributed by atoms with E-state index >= 15 is 0 Å². The zero-order valence-corrected chi connectivity index (χ0v) is 48.3. The SMILES string of the molecule is CC[C@H]1OC(=O)[C@H](C)[C@@H](O[C@H]2C[C@@](C)(OC)[C@@H](OC(=O)CCNCCCc3ccc4c(c3)c(=O)c(C(=O)O)cn4N(C)C)[C@H](C)O2)[C@H](C)[C@@H](O[C@@H]2O[C@H](C)C[C@H](N(C)C)[C@H]2O)[C@](C)(OC)C[C@@H](C)C(=O)C(C)[C@@H](O)[C@]1(C)O. The van der Waals surface area contributed by atoms with Gasteiger partial charge in [0, 0.05) is 76.7 Å². The minimum atomic E-state index is -2.03. The summed E-state index contributed by atoms with van der Waals surface area (Å²) >= 11 is 0. The summed E-state index contributed by atoms with van der Waals surface area (Å²) < 4.78 is 52.9. The van der Waals surface area contributed by atoms with Gasteiger partial charge < -0.3 is 73.5 Å². The third-order valence-electron chi connectivity index (χ3n) is 16.5. The van der Waals surface area contributed by atoms with Crippen molar-refractivity contribution >= 4 is 34.6 Å². The fraction of sp³-hybridized carbons (Fsp3) is 0.768. The van der Waals surface area contributed by atoms with E-state index in [1.54, 1.807) is 77.5 Å². The fourth-order valence-electron chi connectivity index (χ4n) is 11.7. The van der Waals surface area contributed by atoms with Gasteiger partial charge in [-0.1, -0.05) is 33.8 Å². The number of Topliss-reactive ketones (excluding diaryl/α,β-unsaturated/α-hetero) is 1. The van der Waals surface area contributed by atoms with Crippen molar-refractivity contribution in [1.29, 1.82) is 0 Å². The highest BCUT2D eigenvalue weighted by Crippen LogP contribution is 2.42. The van der Waals surface area contributed by atoms with Crippen LogP contribution in [0.5, 0.6) is 0 Å². The average molecular weight is 1090 g/mol. The van der Waals surface area contributed by atoms with Gasteiger partial charge in [-0.15, -0.1) is 0 Å². The Morgan fingerprint density at radius 2 is 1.53 bits per heavy atom. The maximum Gasteiger partial charge on any atom is 0.341 e. The molecule has 1 unspecified atom stereocenters. The molecule has 5 rings (SSSR count). The Bertz CT molecular complexity index is 2400. The lowest BCUT2D eigenvalue weighted by Gasteiger charge is -2.50. The molecule has 2 aromatic rings. The summed E-state index contributed by atoms with van der Waals surface area (Å²) in [6.45, 7) is 17.8. The van der Waals surface area contributed by atoms with Crippen LogP contribution in [0.2, 0.25) is 0 Å². The van der Waals surface area contributed by atoms with E-state index in [-0.39, 0.29) is 49.2 Å². The average Bonchev–Trinajstić information content (AvgIpc) is 3.37. The van der Waals surface area contributed by atoms with Crippen LogP contribution in [0.15, 0.2) is 29.2 Å². The molecule has 18 atom stereocenters. The molecule has 0 saturated carbocycles. The van der Waals surface area contributed by atoms with Crippen LogP contribution in [0.4, 0.5) is 0 Å². The van der Waals surface area contributed by atoms with E-state index in [2.05, 4.69) is 5.32 Å². The van der Waals surface area contributed by atoms with Crippen LogP contribution in [0.3, 0.4) is 0 Å². The Morgan fingerprint density at radius 3 is 2.13 bits per heavy atom. The highest BCUT2D eigenvalue weighted by molar-refractivity contribution is 5.93. The molecule has 3 aliphatic rings. The number of ketones is 1. The second-order valence-electron chi connectivity index (χ2n) is 22.9. The second-order valence-corrected chi connectivity index (χ2v) is 22.9. The number of methoxy groups -OCH3 is 2. The number of aliphatic hydroxyl groups excluding tert-OH is 2. The van der Waals surface area contributed by atoms with E-state index in [4.69, 9.17) is 37.9 Å². The number of esters is 2. The molecule has 5 N–H and O–H groups in total. The minimum absolute atomic E-state index is 0.0269. The van der Waals surface area contributed by atoms with Gasteiger partial charge in [-0.3, -0.25) is 23.9 Å². The molecule has 1 aromatic heterocycles. The van der Waals surface area contributed by atoms with Gasteiger partial charge in [-0.2, -0.15) is 0 Å². The van der Waals surface area contributed by atoms with Gasteiger partial charge in [0.1, 0.15) is 34.8 Å². The van der Waals surface area contributed by atoms with E-state index < -0.39 is 119 Å². The fourth-order valence-corrected chi connectivity index (χ4v) is 11.7. The molecule has 21 nitrogen and oxygen atoms in total. The van der Waals surface area contributed by atoms with E-state index in [9.17, 15) is 44.4 Å². The zero-order valence-electron chi connectivity index (χ0n) is 48.3. The number of aliphatic hydroxyl groups is 3. The Morgan fingerprint density at radius 1 is 0.883 bits per heavy atom. The van der Waals surface area contributed by atoms with Crippen LogP contribution < -0.4 is 15.8 Å². The highest BCUT2D eigenvalue weighted by atomic mass is 16.7. The lowest BCUT2D eigenvalue weighted by atomic mass is 9.74. The van der Waals surface area contributed by atoms with Crippen LogP contribution in [-0.4, -0.2) is 193 Å². The number of carbonyl (C=O) groups is 4. The number of aromatic nitrogens is 1. The molecule has 4 heterocycles. The maximum atomic E-state index is 14.6. The Kier molecular flexibility index (Phi) is 21.9. The number of carboxylic acids is 1. The van der Waals surface area contributed by atoms with E-state index in [1.165, 1.54) is 34.3 Å². The number of carboxylic acid groups (broad SMARTS) is 1. The number of aryl methyl sites for hydroxylation is 1. The van der Waals surface area contributed by atoms with E-state index in [0.29, 0.717) is 43.3 Å². The Hall–Kier alpha value is -4.13. The molecule has 1 aromatic carbocycles. The van der Waals surface area contributed by atoms with Crippen LogP contribution in [-0.2, 0) is 58.7 Å². The number of nitrogens with zero attached hydrogens (tertiary/aromatic N) is 3. The first-order valence-corrected chi connectivity index (χ1v) is 27.2. The van der Waals surface area contributed by atoms with Crippen molar-refractivity contribution in [2.45, 2.75) is 198 Å². The third kappa shape index (κ3) is 14.4. The number of carbonyl (C=O) groups excluding carboxylic acids is 3. The van der Waals surface area contributed by atoms with Gasteiger partial charge >= 0.3 is 17.9 Å². The number of aromatic carboxylic acids is 1. The van der Waals surface area contributed by atoms with Gasteiger partial charge in [0.15, 0.2) is 18.7 Å². The maximum absolute atomic E-state index is 14.6. The molecule has 0 bridgehead atoms. The number of pyridine rings is 1. The summed E-state index contributed by atoms with van der Waals surface area (Å²) in [5, 5.41) is 50.2. The molecular formula is C56H90N4O17. The first-order chi connectivity index (χ1) is 36.0. The molecule has 0 radical (unpaired) electrons. The van der Waals surface area contributed by atoms with Crippen molar-refractivity contribution in [3.05, 3.63) is 45.7 Å². The Balaban J connectivity index is 1.35. The lowest BCUT2D eigenvalue weighted by molar-refractivity contribution is -0.320. The summed E-state index contributed by atoms with van der Waals surface area (Å²) in [6.07, 6.45) is -7.02. The number of fused-ring (bicyclic) bond motifs is 1. The molecule has 3 saturated heterocycles. The Labute approximate surface area is 454 Å². The van der Waals surface area contributed by atoms with Gasteiger partial charge in [0.05, 0.1) is 54.0 Å². The predicted molar refractivity (Wildman–Crippen MR) is 286 cm³/mol. The number of likely N-dealkylation sites (N-methyl/N-ethyl adjacent to an activating group) is 1. The van der Waals surface area contributed by atoms with E-state index in [1.807, 2.05) is 38.9 Å². The van der Waals surface area contributed by atoms with Crippen molar-refractivity contribution in [1.82, 2.24) is 14.9 Å². The summed E-state index contributed by atoms with van der Waals surface area (Å²) in [6, 6.07) is 5.10. The van der Waals surface area contributed by atoms with E-state index in [0.717, 1.165) is 5.56 Å². The van der Waals surface area contributed by atoms with Crippen molar-refractivity contribution in [2.24, 2.45) is 23.7 Å². The molecule has 0 spiro atoms. The quantitative estimate of drug-likeness (QED) is 0.105. The minimum Gasteiger partial charge on any atom is -0.477 e. The number of cyclic esters (lactones) is 1. The van der Waals surface area contributed by atoms with Gasteiger partial charge in [0.25, 0.3) is 0 Å². The smallest absolute Gasteiger partial charge is 0.341 e. The number of nitrogens with one attached hydrogen (secondary N) is 1. The molecule has 21 heteroatoms. The molecule has 3 aliphatic heterocycles. The van der Waals surface area contributed by atoms with Gasteiger partial charge in [-0.05, 0) is 112 Å². The molecular weight excluding hydrogens is 1000 g/mol. The van der Waals surface area contributed by atoms with Crippen molar-refractivity contribution in [2.75, 3.05) is 60.5 Å². The predicted octanol–water partition coefficient (Wildman–Crippen LogP) is 3.81. The topological polar surface area (TPSA) is 264 Å². The number of hydrogen-bond donors (Lipinski definition) is 5. The first kappa shape index (κ1) is 63.7. The summed E-state index contributed by atoms with van der Waals surface area (Å²) in [4.78, 5) is 69.1. The van der Waals surface area contributed by atoms with Gasteiger partial charge in [0.2, 0.25) is 5.43 Å². The number of rotatable bonds is 18. The molecule has 3 fully saturated rings. The molecule has 77 heavy (non-hydrogen) atoms. The lowest BCUT2D eigenvalue weighted by Crippen LogP contribution is -2.61. The summed E-state index contributed by atoms with van der Waals surface area (Å²) in [5.41, 5.74) is -3.94. The first-order valence-electron chi connectivity index (χ1n) is 27.2. The van der Waals surface area contributed by atoms with Crippen LogP contribution in [0, 0.1) is 23.7 Å². The molecule has 0 amide bonds. The summed E-state index contributed by atoms with van der Waals surface area (Å²) in [7, 11) is 10.2. The van der Waals surface area contributed by atoms with Crippen LogP contribution >= 0.6 is 0 Å². The normalized spacial score (nSPS) is 36.8.